The highest BCUT2D eigenvalue weighted by Crippen LogP contribution is 2.27. The van der Waals surface area contributed by atoms with E-state index in [4.69, 9.17) is 8.83 Å². The molecule has 0 spiro atoms. The van der Waals surface area contributed by atoms with Gasteiger partial charge in [0.05, 0.1) is 54.9 Å². The van der Waals surface area contributed by atoms with Crippen molar-refractivity contribution in [2.45, 2.75) is 13.1 Å². The fraction of sp³-hybridized carbons (Fsp3) is 0.0870. The van der Waals surface area contributed by atoms with Gasteiger partial charge in [-0.1, -0.05) is 18.2 Å². The Kier molecular flexibility index (Phi) is 5.26. The maximum absolute atomic E-state index is 13.5. The largest absolute Gasteiger partial charge is 0.472 e. The normalized spacial score (nSPS) is 11.1. The van der Waals surface area contributed by atoms with E-state index in [0.717, 1.165) is 4.57 Å². The SMILES string of the molecule is O=c1c([N+](=O)[O-])c(-c2cnn(-c3ccccc3)c2)n(Cc2ccoc2)c(=O)n1Cc1ccoc1. The van der Waals surface area contributed by atoms with Crippen LogP contribution in [-0.4, -0.2) is 23.8 Å². The molecule has 4 aromatic heterocycles. The van der Waals surface area contributed by atoms with Crippen LogP contribution >= 0.6 is 0 Å². The topological polar surface area (TPSA) is 131 Å². The third-order valence-electron chi connectivity index (χ3n) is 5.30. The lowest BCUT2D eigenvalue weighted by atomic mass is 10.2. The van der Waals surface area contributed by atoms with Gasteiger partial charge in [0.1, 0.15) is 5.69 Å². The highest BCUT2D eigenvalue weighted by atomic mass is 16.6. The van der Waals surface area contributed by atoms with E-state index in [-0.39, 0.29) is 24.3 Å². The van der Waals surface area contributed by atoms with Crippen LogP contribution in [0, 0.1) is 10.1 Å². The average Bonchev–Trinajstić information content (AvgIpc) is 3.61. The number of benzene rings is 1. The Labute approximate surface area is 190 Å². The maximum Gasteiger partial charge on any atom is 0.358 e. The summed E-state index contributed by atoms with van der Waals surface area (Å²) < 4.78 is 13.7. The third kappa shape index (κ3) is 3.75. The lowest BCUT2D eigenvalue weighted by Gasteiger charge is -2.14. The van der Waals surface area contributed by atoms with Crippen molar-refractivity contribution in [3.63, 3.8) is 0 Å². The Hall–Kier alpha value is -4.93. The molecule has 11 nitrogen and oxygen atoms in total. The number of furan rings is 2. The number of hydrogen-bond donors (Lipinski definition) is 0. The van der Waals surface area contributed by atoms with Gasteiger partial charge in [-0.2, -0.15) is 5.10 Å². The zero-order valence-electron chi connectivity index (χ0n) is 17.6. The molecule has 0 aliphatic carbocycles. The van der Waals surface area contributed by atoms with E-state index in [1.165, 1.54) is 40.5 Å². The molecule has 170 valence electrons. The zero-order valence-corrected chi connectivity index (χ0v) is 17.6. The van der Waals surface area contributed by atoms with Crippen molar-refractivity contribution in [2.24, 2.45) is 0 Å². The lowest BCUT2D eigenvalue weighted by molar-refractivity contribution is -0.386. The van der Waals surface area contributed by atoms with Crippen LogP contribution in [0.1, 0.15) is 11.1 Å². The van der Waals surface area contributed by atoms with E-state index in [0.29, 0.717) is 16.8 Å². The first-order chi connectivity index (χ1) is 16.5. The standard InChI is InChI=1S/C23H17N5O6/c29-22-21(28(31)32)20(18-10-24-27(13-18)19-4-2-1-3-5-19)25(11-16-6-8-33-14-16)23(30)26(22)12-17-7-9-34-15-17/h1-10,13-15H,11-12H2. The van der Waals surface area contributed by atoms with E-state index in [1.807, 2.05) is 30.3 Å². The smallest absolute Gasteiger partial charge is 0.358 e. The summed E-state index contributed by atoms with van der Waals surface area (Å²) in [5.74, 6) is 0. The zero-order chi connectivity index (χ0) is 23.7. The second-order valence-electron chi connectivity index (χ2n) is 7.49. The van der Waals surface area contributed by atoms with Crippen LogP contribution in [0.4, 0.5) is 5.69 Å². The van der Waals surface area contributed by atoms with E-state index in [9.17, 15) is 19.7 Å². The van der Waals surface area contributed by atoms with E-state index in [2.05, 4.69) is 5.10 Å². The summed E-state index contributed by atoms with van der Waals surface area (Å²) in [4.78, 5) is 38.1. The molecule has 0 fully saturated rings. The van der Waals surface area contributed by atoms with E-state index < -0.39 is 21.9 Å². The molecule has 0 radical (unpaired) electrons. The Bertz CT molecular complexity index is 1560. The van der Waals surface area contributed by atoms with Gasteiger partial charge in [0.25, 0.3) is 0 Å². The minimum absolute atomic E-state index is 0.0479. The quantitative estimate of drug-likeness (QED) is 0.270. The molecule has 0 saturated carbocycles. The summed E-state index contributed by atoms with van der Waals surface area (Å²) in [5, 5.41) is 16.4. The molecule has 0 saturated heterocycles. The number of aromatic nitrogens is 4. The van der Waals surface area contributed by atoms with E-state index >= 15 is 0 Å². The number of nitro groups is 1. The van der Waals surface area contributed by atoms with Crippen LogP contribution in [0.15, 0.2) is 98.3 Å². The predicted octanol–water partition coefficient (Wildman–Crippen LogP) is 3.05. The second-order valence-corrected chi connectivity index (χ2v) is 7.49. The second kappa shape index (κ2) is 8.54. The van der Waals surface area contributed by atoms with Gasteiger partial charge in [-0.3, -0.25) is 19.5 Å². The molecule has 1 aromatic carbocycles. The highest BCUT2D eigenvalue weighted by Gasteiger charge is 2.30. The molecule has 0 N–H and O–H groups in total. The van der Waals surface area contributed by atoms with Crippen LogP contribution in [0.3, 0.4) is 0 Å². The molecule has 34 heavy (non-hydrogen) atoms. The Morgan fingerprint density at radius 2 is 1.56 bits per heavy atom. The van der Waals surface area contributed by atoms with Gasteiger partial charge in [-0.05, 0) is 24.3 Å². The molecule has 5 aromatic rings. The summed E-state index contributed by atoms with van der Waals surface area (Å²) in [6.45, 7) is -0.225. The molecule has 0 unspecified atom stereocenters. The van der Waals surface area contributed by atoms with Gasteiger partial charge in [0, 0.05) is 22.9 Å². The van der Waals surface area contributed by atoms with Crippen LogP contribution in [0.25, 0.3) is 16.9 Å². The first-order valence-electron chi connectivity index (χ1n) is 10.2. The van der Waals surface area contributed by atoms with Crippen molar-refractivity contribution < 1.29 is 13.8 Å². The molecule has 0 amide bonds. The average molecular weight is 459 g/mol. The monoisotopic (exact) mass is 459 g/mol. The van der Waals surface area contributed by atoms with Gasteiger partial charge < -0.3 is 8.83 Å². The van der Waals surface area contributed by atoms with Crippen molar-refractivity contribution in [3.8, 4) is 16.9 Å². The van der Waals surface area contributed by atoms with Crippen LogP contribution < -0.4 is 11.2 Å². The summed E-state index contributed by atoms with van der Waals surface area (Å²) >= 11 is 0. The fourth-order valence-corrected chi connectivity index (χ4v) is 3.73. The van der Waals surface area contributed by atoms with Gasteiger partial charge in [-0.25, -0.2) is 14.0 Å². The Morgan fingerprint density at radius 1 is 0.912 bits per heavy atom. The summed E-state index contributed by atoms with van der Waals surface area (Å²) in [6, 6.07) is 12.3. The van der Waals surface area contributed by atoms with Gasteiger partial charge in [0.15, 0.2) is 0 Å². The lowest BCUT2D eigenvalue weighted by Crippen LogP contribution is -2.42. The predicted molar refractivity (Wildman–Crippen MR) is 120 cm³/mol. The van der Waals surface area contributed by atoms with Crippen molar-refractivity contribution in [3.05, 3.63) is 122 Å². The molecule has 0 atom stereocenters. The maximum atomic E-state index is 13.5. The molecule has 0 bridgehead atoms. The van der Waals surface area contributed by atoms with Crippen molar-refractivity contribution in [2.75, 3.05) is 0 Å². The molecule has 5 rings (SSSR count). The van der Waals surface area contributed by atoms with Crippen LogP contribution in [0.2, 0.25) is 0 Å². The van der Waals surface area contributed by atoms with Crippen molar-refractivity contribution in [1.29, 1.82) is 0 Å². The minimum atomic E-state index is -1.01. The summed E-state index contributed by atoms with van der Waals surface area (Å²) in [5.41, 5.74) is -0.486. The number of nitrogens with zero attached hydrogens (tertiary/aromatic N) is 5. The number of para-hydroxylation sites is 1. The summed E-state index contributed by atoms with van der Waals surface area (Å²) in [6.07, 6.45) is 8.56. The molecular formula is C23H17N5O6. The van der Waals surface area contributed by atoms with Crippen molar-refractivity contribution in [1.82, 2.24) is 18.9 Å². The Balaban J connectivity index is 1.76. The minimum Gasteiger partial charge on any atom is -0.472 e. The highest BCUT2D eigenvalue weighted by molar-refractivity contribution is 5.68. The van der Waals surface area contributed by atoms with Gasteiger partial charge in [0.2, 0.25) is 0 Å². The molecule has 4 heterocycles. The van der Waals surface area contributed by atoms with Gasteiger partial charge >= 0.3 is 16.9 Å². The van der Waals surface area contributed by atoms with Crippen LogP contribution in [-0.2, 0) is 13.1 Å². The number of hydrogen-bond acceptors (Lipinski definition) is 7. The fourth-order valence-electron chi connectivity index (χ4n) is 3.73. The third-order valence-corrected chi connectivity index (χ3v) is 5.30. The molecule has 11 heteroatoms. The van der Waals surface area contributed by atoms with Crippen LogP contribution in [0.5, 0.6) is 0 Å². The molecule has 0 aliphatic rings. The molecule has 0 aliphatic heterocycles. The Morgan fingerprint density at radius 3 is 2.15 bits per heavy atom. The number of rotatable bonds is 7. The summed E-state index contributed by atoms with van der Waals surface area (Å²) in [7, 11) is 0. The van der Waals surface area contributed by atoms with Crippen molar-refractivity contribution >= 4 is 5.69 Å². The first-order valence-corrected chi connectivity index (χ1v) is 10.2. The van der Waals surface area contributed by atoms with E-state index in [1.54, 1.807) is 18.3 Å². The van der Waals surface area contributed by atoms with Gasteiger partial charge in [-0.15, -0.1) is 0 Å². The molecular weight excluding hydrogens is 442 g/mol. The first kappa shape index (κ1) is 20.9.